The summed E-state index contributed by atoms with van der Waals surface area (Å²) in [5.74, 6) is -0.0449. The van der Waals surface area contributed by atoms with Gasteiger partial charge in [0.2, 0.25) is 0 Å². The second-order valence-electron chi connectivity index (χ2n) is 6.98. The maximum absolute atomic E-state index is 11.0. The number of H-pyrrole nitrogens is 1. The SMILES string of the molecule is O=C(O)CCc1c[nH]c(C(c2ccccc2)(c2ccccc2)c2ccccc2)n1. The summed E-state index contributed by atoms with van der Waals surface area (Å²) >= 11 is 0. The smallest absolute Gasteiger partial charge is 0.303 e. The van der Waals surface area contributed by atoms with Crippen LogP contribution in [0.15, 0.2) is 97.2 Å². The van der Waals surface area contributed by atoms with E-state index in [9.17, 15) is 4.79 Å². The van der Waals surface area contributed by atoms with E-state index in [0.717, 1.165) is 28.2 Å². The van der Waals surface area contributed by atoms with E-state index in [2.05, 4.69) is 41.4 Å². The molecule has 4 rings (SSSR count). The van der Waals surface area contributed by atoms with Crippen molar-refractivity contribution >= 4 is 5.97 Å². The fourth-order valence-electron chi connectivity index (χ4n) is 3.89. The molecule has 0 saturated carbocycles. The van der Waals surface area contributed by atoms with E-state index in [1.54, 1.807) is 0 Å². The number of rotatable bonds is 7. The van der Waals surface area contributed by atoms with E-state index < -0.39 is 11.4 Å². The Kier molecular flexibility index (Phi) is 5.25. The third-order valence-electron chi connectivity index (χ3n) is 5.20. The number of imidazole rings is 1. The molecule has 4 nitrogen and oxygen atoms in total. The van der Waals surface area contributed by atoms with Crippen molar-refractivity contribution < 1.29 is 9.90 Å². The first-order chi connectivity index (χ1) is 14.2. The molecule has 0 atom stereocenters. The summed E-state index contributed by atoms with van der Waals surface area (Å²) in [6, 6.07) is 30.9. The van der Waals surface area contributed by atoms with Crippen LogP contribution < -0.4 is 0 Å². The van der Waals surface area contributed by atoms with Crippen LogP contribution in [0.4, 0.5) is 0 Å². The van der Waals surface area contributed by atoms with E-state index >= 15 is 0 Å². The monoisotopic (exact) mass is 382 g/mol. The maximum Gasteiger partial charge on any atom is 0.303 e. The number of aliphatic carboxylic acids is 1. The van der Waals surface area contributed by atoms with Crippen LogP contribution in [0.1, 0.15) is 34.6 Å². The molecule has 1 heterocycles. The van der Waals surface area contributed by atoms with Gasteiger partial charge in [-0.3, -0.25) is 4.79 Å². The highest BCUT2D eigenvalue weighted by Gasteiger charge is 2.40. The van der Waals surface area contributed by atoms with Crippen molar-refractivity contribution in [3.63, 3.8) is 0 Å². The normalized spacial score (nSPS) is 11.3. The average Bonchev–Trinajstić information content (AvgIpc) is 3.24. The van der Waals surface area contributed by atoms with Crippen molar-refractivity contribution in [2.75, 3.05) is 0 Å². The lowest BCUT2D eigenvalue weighted by molar-refractivity contribution is -0.136. The maximum atomic E-state index is 11.0. The minimum Gasteiger partial charge on any atom is -0.481 e. The van der Waals surface area contributed by atoms with Gasteiger partial charge in [-0.15, -0.1) is 0 Å². The molecule has 29 heavy (non-hydrogen) atoms. The minimum absolute atomic E-state index is 0.0549. The topological polar surface area (TPSA) is 66.0 Å². The number of hydrogen-bond acceptors (Lipinski definition) is 2. The Morgan fingerprint density at radius 3 is 1.66 bits per heavy atom. The predicted molar refractivity (Wildman–Crippen MR) is 113 cm³/mol. The highest BCUT2D eigenvalue weighted by molar-refractivity contribution is 5.67. The second kappa shape index (κ2) is 8.15. The fourth-order valence-corrected chi connectivity index (χ4v) is 3.89. The zero-order valence-electron chi connectivity index (χ0n) is 16.0. The number of carbonyl (C=O) groups is 1. The van der Waals surface area contributed by atoms with Crippen molar-refractivity contribution in [3.05, 3.63) is 125 Å². The van der Waals surface area contributed by atoms with E-state index in [0.29, 0.717) is 6.42 Å². The zero-order chi connectivity index (χ0) is 20.1. The summed E-state index contributed by atoms with van der Waals surface area (Å²) in [5, 5.41) is 9.04. The molecule has 0 aliphatic carbocycles. The number of carboxylic acid groups (broad SMARTS) is 1. The van der Waals surface area contributed by atoms with Crippen LogP contribution in [-0.2, 0) is 16.6 Å². The molecular weight excluding hydrogens is 360 g/mol. The molecule has 0 amide bonds. The first-order valence-corrected chi connectivity index (χ1v) is 9.64. The molecule has 2 N–H and O–H groups in total. The number of nitrogens with one attached hydrogen (secondary N) is 1. The summed E-state index contributed by atoms with van der Waals surface area (Å²) < 4.78 is 0. The summed E-state index contributed by atoms with van der Waals surface area (Å²) in [7, 11) is 0. The first kappa shape index (κ1) is 18.7. The van der Waals surface area contributed by atoms with Crippen molar-refractivity contribution in [1.29, 1.82) is 0 Å². The molecule has 4 heteroatoms. The molecule has 0 saturated heterocycles. The van der Waals surface area contributed by atoms with E-state index in [4.69, 9.17) is 10.1 Å². The van der Waals surface area contributed by atoms with Crippen LogP contribution in [0.2, 0.25) is 0 Å². The first-order valence-electron chi connectivity index (χ1n) is 9.64. The second-order valence-corrected chi connectivity index (χ2v) is 6.98. The Morgan fingerprint density at radius 1 is 0.793 bits per heavy atom. The molecule has 0 fully saturated rings. The van der Waals surface area contributed by atoms with Gasteiger partial charge in [-0.25, -0.2) is 4.98 Å². The van der Waals surface area contributed by atoms with Gasteiger partial charge in [-0.1, -0.05) is 91.0 Å². The van der Waals surface area contributed by atoms with Crippen molar-refractivity contribution in [2.24, 2.45) is 0 Å². The van der Waals surface area contributed by atoms with Gasteiger partial charge in [0.15, 0.2) is 0 Å². The van der Waals surface area contributed by atoms with Gasteiger partial charge < -0.3 is 10.1 Å². The van der Waals surface area contributed by atoms with Crippen LogP contribution >= 0.6 is 0 Å². The Labute approximate surface area is 169 Å². The molecule has 0 unspecified atom stereocenters. The molecule has 0 radical (unpaired) electrons. The van der Waals surface area contributed by atoms with Gasteiger partial charge in [-0.2, -0.15) is 0 Å². The van der Waals surface area contributed by atoms with Gasteiger partial charge in [0.25, 0.3) is 0 Å². The lowest BCUT2D eigenvalue weighted by Gasteiger charge is -2.34. The van der Waals surface area contributed by atoms with Gasteiger partial charge in [0.05, 0.1) is 12.1 Å². The number of aryl methyl sites for hydroxylation is 1. The number of carboxylic acids is 1. The van der Waals surface area contributed by atoms with Gasteiger partial charge in [-0.05, 0) is 16.7 Å². The molecular formula is C25H22N2O2. The Morgan fingerprint density at radius 2 is 1.24 bits per heavy atom. The Hall–Kier alpha value is -3.66. The third-order valence-corrected chi connectivity index (χ3v) is 5.20. The molecule has 0 spiro atoms. The summed E-state index contributed by atoms with van der Waals surface area (Å²) in [5.41, 5.74) is 3.39. The number of benzene rings is 3. The molecule has 4 aromatic rings. The van der Waals surface area contributed by atoms with E-state index in [1.807, 2.05) is 60.8 Å². The summed E-state index contributed by atoms with van der Waals surface area (Å²) in [6.45, 7) is 0. The predicted octanol–water partition coefficient (Wildman–Crippen LogP) is 4.81. The average molecular weight is 382 g/mol. The molecule has 144 valence electrons. The third kappa shape index (κ3) is 3.57. The number of aromatic nitrogens is 2. The molecule has 0 aliphatic rings. The van der Waals surface area contributed by atoms with Gasteiger partial charge in [0.1, 0.15) is 11.2 Å². The van der Waals surface area contributed by atoms with Crippen LogP contribution in [-0.4, -0.2) is 21.0 Å². The molecule has 3 aromatic carbocycles. The van der Waals surface area contributed by atoms with Crippen molar-refractivity contribution in [1.82, 2.24) is 9.97 Å². The van der Waals surface area contributed by atoms with Crippen LogP contribution in [0, 0.1) is 0 Å². The Balaban J connectivity index is 1.97. The standard InChI is InChI=1S/C25H22N2O2/c28-23(29)17-16-22-18-26-24(27-22)25(19-10-4-1-5-11-19,20-12-6-2-7-13-20)21-14-8-3-9-15-21/h1-15,18H,16-17H2,(H,26,27)(H,28,29). The zero-order valence-corrected chi connectivity index (χ0v) is 16.0. The van der Waals surface area contributed by atoms with Crippen LogP contribution in [0.25, 0.3) is 0 Å². The fraction of sp³-hybridized carbons (Fsp3) is 0.120. The molecule has 1 aromatic heterocycles. The van der Waals surface area contributed by atoms with Crippen molar-refractivity contribution in [2.45, 2.75) is 18.3 Å². The lowest BCUT2D eigenvalue weighted by atomic mass is 9.69. The van der Waals surface area contributed by atoms with Gasteiger partial charge >= 0.3 is 5.97 Å². The largest absolute Gasteiger partial charge is 0.481 e. The highest BCUT2D eigenvalue weighted by atomic mass is 16.4. The van der Waals surface area contributed by atoms with Crippen LogP contribution in [0.5, 0.6) is 0 Å². The minimum atomic E-state index is -0.824. The lowest BCUT2D eigenvalue weighted by Crippen LogP contribution is -2.32. The van der Waals surface area contributed by atoms with Crippen molar-refractivity contribution in [3.8, 4) is 0 Å². The molecule has 0 aliphatic heterocycles. The summed E-state index contributed by atoms with van der Waals surface area (Å²) in [6.07, 6.45) is 2.27. The van der Waals surface area contributed by atoms with Gasteiger partial charge in [0, 0.05) is 12.6 Å². The Bertz CT molecular complexity index is 977. The van der Waals surface area contributed by atoms with E-state index in [-0.39, 0.29) is 6.42 Å². The quantitative estimate of drug-likeness (QED) is 0.451. The van der Waals surface area contributed by atoms with Crippen LogP contribution in [0.3, 0.4) is 0 Å². The number of nitrogens with zero attached hydrogens (tertiary/aromatic N) is 1. The number of hydrogen-bond donors (Lipinski definition) is 2. The number of aromatic amines is 1. The van der Waals surface area contributed by atoms with E-state index in [1.165, 1.54) is 0 Å². The molecule has 0 bridgehead atoms. The highest BCUT2D eigenvalue weighted by Crippen LogP contribution is 2.43. The summed E-state index contributed by atoms with van der Waals surface area (Å²) in [4.78, 5) is 19.2.